The van der Waals surface area contributed by atoms with Crippen LogP contribution in [0.5, 0.6) is 0 Å². The molecule has 0 aliphatic carbocycles. The molecule has 2 amide bonds. The number of benzene rings is 1. The Labute approximate surface area is 164 Å². The van der Waals surface area contributed by atoms with E-state index < -0.39 is 29.6 Å². The molecule has 3 rings (SSSR count). The van der Waals surface area contributed by atoms with E-state index in [4.69, 9.17) is 9.15 Å². The van der Waals surface area contributed by atoms with E-state index >= 15 is 0 Å². The van der Waals surface area contributed by atoms with Gasteiger partial charge in [-0.2, -0.15) is 0 Å². The monoisotopic (exact) mass is 401 g/mol. The smallest absolute Gasteiger partial charge is 0.338 e. The standard InChI is InChI=1S/C19H15NO7S/c1-25-16(21)10-20-17(22)15(28-19(20)24)9-11-7-8-14(27-11)12-5-3-4-6-13(12)18(23)26-2/h3-9H,10H2,1-2H3. The number of nitrogens with zero attached hydrogens (tertiary/aromatic N) is 1. The number of hydrogen-bond acceptors (Lipinski definition) is 8. The summed E-state index contributed by atoms with van der Waals surface area (Å²) in [5, 5.41) is -0.565. The molecule has 8 nitrogen and oxygen atoms in total. The van der Waals surface area contributed by atoms with Crippen molar-refractivity contribution in [1.29, 1.82) is 0 Å². The van der Waals surface area contributed by atoms with E-state index in [1.807, 2.05) is 0 Å². The van der Waals surface area contributed by atoms with Crippen LogP contribution in [0.15, 0.2) is 45.7 Å². The molecule has 2 aromatic rings. The van der Waals surface area contributed by atoms with Gasteiger partial charge in [-0.05, 0) is 30.0 Å². The summed E-state index contributed by atoms with van der Waals surface area (Å²) in [5.41, 5.74) is 0.872. The van der Waals surface area contributed by atoms with Crippen LogP contribution >= 0.6 is 11.8 Å². The van der Waals surface area contributed by atoms with Crippen LogP contribution < -0.4 is 0 Å². The Kier molecular flexibility index (Phi) is 5.65. The minimum absolute atomic E-state index is 0.121. The van der Waals surface area contributed by atoms with Gasteiger partial charge < -0.3 is 13.9 Å². The van der Waals surface area contributed by atoms with Crippen LogP contribution in [0.4, 0.5) is 4.79 Å². The Balaban J connectivity index is 1.86. The Morgan fingerprint density at radius 1 is 1.11 bits per heavy atom. The van der Waals surface area contributed by atoms with Gasteiger partial charge in [0.05, 0.1) is 24.7 Å². The molecule has 144 valence electrons. The maximum absolute atomic E-state index is 12.3. The lowest BCUT2D eigenvalue weighted by Gasteiger charge is -2.09. The first-order valence-corrected chi connectivity index (χ1v) is 8.86. The summed E-state index contributed by atoms with van der Waals surface area (Å²) in [7, 11) is 2.46. The number of esters is 2. The zero-order valence-electron chi connectivity index (χ0n) is 15.0. The van der Waals surface area contributed by atoms with Crippen molar-refractivity contribution in [3.8, 4) is 11.3 Å². The minimum atomic E-state index is -0.691. The van der Waals surface area contributed by atoms with Gasteiger partial charge >= 0.3 is 11.9 Å². The lowest BCUT2D eigenvalue weighted by atomic mass is 10.1. The lowest BCUT2D eigenvalue weighted by Crippen LogP contribution is -2.34. The van der Waals surface area contributed by atoms with Gasteiger partial charge in [0.25, 0.3) is 11.1 Å². The molecule has 1 aromatic heterocycles. The summed E-state index contributed by atoms with van der Waals surface area (Å²) in [6, 6.07) is 10.0. The highest BCUT2D eigenvalue weighted by molar-refractivity contribution is 8.18. The molecular weight excluding hydrogens is 386 g/mol. The van der Waals surface area contributed by atoms with Crippen LogP contribution in [-0.4, -0.2) is 48.7 Å². The highest BCUT2D eigenvalue weighted by Crippen LogP contribution is 2.33. The first-order valence-electron chi connectivity index (χ1n) is 8.04. The molecule has 0 N–H and O–H groups in total. The Bertz CT molecular complexity index is 992. The number of imide groups is 1. The quantitative estimate of drug-likeness (QED) is 0.556. The van der Waals surface area contributed by atoms with Crippen molar-refractivity contribution < 1.29 is 33.1 Å². The molecule has 1 saturated heterocycles. The number of thioether (sulfide) groups is 1. The molecule has 9 heteroatoms. The number of carbonyl (C=O) groups excluding carboxylic acids is 4. The molecule has 0 radical (unpaired) electrons. The van der Waals surface area contributed by atoms with Gasteiger partial charge in [-0.25, -0.2) is 4.79 Å². The zero-order chi connectivity index (χ0) is 20.3. The van der Waals surface area contributed by atoms with Gasteiger partial charge in [-0.1, -0.05) is 18.2 Å². The van der Waals surface area contributed by atoms with Crippen molar-refractivity contribution in [2.24, 2.45) is 0 Å². The predicted octanol–water partition coefficient (Wildman–Crippen LogP) is 2.94. The molecule has 1 aliphatic rings. The number of rotatable bonds is 5. The molecule has 0 unspecified atom stereocenters. The molecule has 0 atom stereocenters. The summed E-state index contributed by atoms with van der Waals surface area (Å²) in [4.78, 5) is 48.5. The van der Waals surface area contributed by atoms with Gasteiger partial charge in [0.1, 0.15) is 18.1 Å². The van der Waals surface area contributed by atoms with E-state index in [9.17, 15) is 19.2 Å². The van der Waals surface area contributed by atoms with E-state index in [0.717, 1.165) is 4.90 Å². The topological polar surface area (TPSA) is 103 Å². The third-order valence-electron chi connectivity index (χ3n) is 3.89. The largest absolute Gasteiger partial charge is 0.468 e. The third kappa shape index (κ3) is 3.84. The molecule has 1 aliphatic heterocycles. The Hall–Kier alpha value is -3.33. The van der Waals surface area contributed by atoms with E-state index in [1.54, 1.807) is 36.4 Å². The fourth-order valence-electron chi connectivity index (χ4n) is 2.52. The Morgan fingerprint density at radius 2 is 1.86 bits per heavy atom. The van der Waals surface area contributed by atoms with Crippen molar-refractivity contribution in [1.82, 2.24) is 4.90 Å². The molecule has 0 spiro atoms. The molecule has 1 fully saturated rings. The van der Waals surface area contributed by atoms with Gasteiger partial charge in [0, 0.05) is 11.6 Å². The van der Waals surface area contributed by atoms with Crippen LogP contribution in [0.25, 0.3) is 17.4 Å². The van der Waals surface area contributed by atoms with Crippen LogP contribution in [0.2, 0.25) is 0 Å². The highest BCUT2D eigenvalue weighted by atomic mass is 32.2. The van der Waals surface area contributed by atoms with Crippen molar-refractivity contribution in [2.45, 2.75) is 0 Å². The summed E-state index contributed by atoms with van der Waals surface area (Å²) < 4.78 is 15.0. The van der Waals surface area contributed by atoms with E-state index in [-0.39, 0.29) is 4.91 Å². The Morgan fingerprint density at radius 3 is 2.57 bits per heavy atom. The number of furan rings is 1. The summed E-state index contributed by atoms with van der Waals surface area (Å²) in [6.45, 7) is -0.450. The van der Waals surface area contributed by atoms with Gasteiger partial charge in [0.2, 0.25) is 0 Å². The first kappa shape index (κ1) is 19.4. The van der Waals surface area contributed by atoms with E-state index in [2.05, 4.69) is 4.74 Å². The second-order valence-electron chi connectivity index (χ2n) is 5.58. The van der Waals surface area contributed by atoms with Crippen LogP contribution in [0.1, 0.15) is 16.1 Å². The van der Waals surface area contributed by atoms with Crippen molar-refractivity contribution >= 4 is 40.9 Å². The molecule has 0 bridgehead atoms. The number of carbonyl (C=O) groups is 4. The maximum Gasteiger partial charge on any atom is 0.338 e. The summed E-state index contributed by atoms with van der Waals surface area (Å²) >= 11 is 0.702. The number of hydrogen-bond donors (Lipinski definition) is 0. The second-order valence-corrected chi connectivity index (χ2v) is 6.58. The molecule has 1 aromatic carbocycles. The number of methoxy groups -OCH3 is 2. The van der Waals surface area contributed by atoms with Crippen molar-refractivity contribution in [3.05, 3.63) is 52.6 Å². The molecule has 0 saturated carbocycles. The van der Waals surface area contributed by atoms with Crippen LogP contribution in [0, 0.1) is 0 Å². The average molecular weight is 401 g/mol. The first-order chi connectivity index (χ1) is 13.4. The fraction of sp³-hybridized carbons (Fsp3) is 0.158. The fourth-order valence-corrected chi connectivity index (χ4v) is 3.34. The summed E-state index contributed by atoms with van der Waals surface area (Å²) in [6.07, 6.45) is 1.41. The zero-order valence-corrected chi connectivity index (χ0v) is 15.8. The SMILES string of the molecule is COC(=O)CN1C(=O)SC(=Cc2ccc(-c3ccccc3C(=O)OC)o2)C1=O. The number of ether oxygens (including phenoxy) is 2. The third-order valence-corrected chi connectivity index (χ3v) is 4.79. The van der Waals surface area contributed by atoms with Gasteiger partial charge in [0.15, 0.2) is 0 Å². The molecule has 28 heavy (non-hydrogen) atoms. The lowest BCUT2D eigenvalue weighted by molar-refractivity contribution is -0.143. The van der Waals surface area contributed by atoms with Gasteiger partial charge in [-0.15, -0.1) is 0 Å². The maximum atomic E-state index is 12.3. The average Bonchev–Trinajstić information content (AvgIpc) is 3.27. The van der Waals surface area contributed by atoms with Crippen LogP contribution in [0.3, 0.4) is 0 Å². The number of amides is 2. The highest BCUT2D eigenvalue weighted by Gasteiger charge is 2.36. The van der Waals surface area contributed by atoms with Gasteiger partial charge in [-0.3, -0.25) is 19.3 Å². The van der Waals surface area contributed by atoms with Crippen molar-refractivity contribution in [2.75, 3.05) is 20.8 Å². The van der Waals surface area contributed by atoms with E-state index in [0.29, 0.717) is 34.4 Å². The normalized spacial score (nSPS) is 15.2. The predicted molar refractivity (Wildman–Crippen MR) is 100 cm³/mol. The second kappa shape index (κ2) is 8.13. The minimum Gasteiger partial charge on any atom is -0.468 e. The molecular formula is C19H15NO7S. The van der Waals surface area contributed by atoms with E-state index in [1.165, 1.54) is 20.3 Å². The molecule has 2 heterocycles. The summed E-state index contributed by atoms with van der Waals surface area (Å²) in [5.74, 6) is -1.08. The van der Waals surface area contributed by atoms with Crippen molar-refractivity contribution in [3.63, 3.8) is 0 Å². The van der Waals surface area contributed by atoms with Crippen LogP contribution in [-0.2, 0) is 19.1 Å².